The number of phosphoric ester groups is 1. The van der Waals surface area contributed by atoms with Gasteiger partial charge in [-0.1, -0.05) is 289 Å². The van der Waals surface area contributed by atoms with Crippen LogP contribution in [0.25, 0.3) is 0 Å². The fraction of sp³-hybridized carbons (Fsp3) is 0.902. The summed E-state index contributed by atoms with van der Waals surface area (Å²) < 4.78 is 33.0. The molecule has 2 unspecified atom stereocenters. The highest BCUT2D eigenvalue weighted by Crippen LogP contribution is 2.43. The minimum Gasteiger partial charge on any atom is -0.462 e. The standard InChI is InChI=1S/C61H118NO8P/c1-3-5-7-9-11-13-15-17-18-19-20-21-22-23-24-25-26-27-28-29-30-31-32-33-34-35-36-37-38-39-40-42-44-46-48-50-52-54-61(64)70-59(58-69-71(65,66)68-56-55-62)57-67-60(63)53-51-49-47-45-43-41-16-14-12-10-8-6-4-2/h15,17,19-20,59H,3-14,16,18,21-58,62H2,1-2H3,(H,65,66)/b17-15-,20-19-. The quantitative estimate of drug-likeness (QED) is 0.0264. The Morgan fingerprint density at radius 1 is 0.423 bits per heavy atom. The van der Waals surface area contributed by atoms with Crippen molar-refractivity contribution >= 4 is 19.8 Å². The van der Waals surface area contributed by atoms with E-state index in [-0.39, 0.29) is 38.6 Å². The molecule has 0 fully saturated rings. The summed E-state index contributed by atoms with van der Waals surface area (Å²) in [7, 11) is -4.38. The third-order valence-electron chi connectivity index (χ3n) is 13.8. The number of unbranched alkanes of at least 4 members (excludes halogenated alkanes) is 42. The van der Waals surface area contributed by atoms with Crippen LogP contribution in [0.4, 0.5) is 0 Å². The zero-order valence-corrected chi connectivity index (χ0v) is 47.9. The van der Waals surface area contributed by atoms with E-state index in [1.165, 1.54) is 250 Å². The van der Waals surface area contributed by atoms with Crippen LogP contribution in [0.3, 0.4) is 0 Å². The molecule has 0 spiro atoms. The molecule has 0 aliphatic heterocycles. The molecule has 0 saturated carbocycles. The third-order valence-corrected chi connectivity index (χ3v) is 14.8. The molecule has 0 amide bonds. The molecule has 0 bridgehead atoms. The zero-order chi connectivity index (χ0) is 51.7. The second-order valence-electron chi connectivity index (χ2n) is 20.9. The van der Waals surface area contributed by atoms with Crippen molar-refractivity contribution in [2.45, 2.75) is 328 Å². The van der Waals surface area contributed by atoms with Gasteiger partial charge >= 0.3 is 19.8 Å². The summed E-state index contributed by atoms with van der Waals surface area (Å²) in [5.41, 5.74) is 5.38. The monoisotopic (exact) mass is 1020 g/mol. The van der Waals surface area contributed by atoms with Crippen LogP contribution in [0.1, 0.15) is 322 Å². The van der Waals surface area contributed by atoms with Crippen molar-refractivity contribution < 1.29 is 37.6 Å². The molecule has 71 heavy (non-hydrogen) atoms. The Balaban J connectivity index is 3.74. The van der Waals surface area contributed by atoms with Crippen LogP contribution in [0.5, 0.6) is 0 Å². The lowest BCUT2D eigenvalue weighted by atomic mass is 10.0. The van der Waals surface area contributed by atoms with Crippen molar-refractivity contribution in [3.63, 3.8) is 0 Å². The molecule has 420 valence electrons. The van der Waals surface area contributed by atoms with Gasteiger partial charge in [0.15, 0.2) is 6.10 Å². The predicted octanol–water partition coefficient (Wildman–Crippen LogP) is 19.4. The molecule has 0 aliphatic rings. The average Bonchev–Trinajstić information content (AvgIpc) is 3.36. The first-order valence-electron chi connectivity index (χ1n) is 30.8. The molecule has 9 nitrogen and oxygen atoms in total. The topological polar surface area (TPSA) is 134 Å². The normalized spacial score (nSPS) is 13.1. The Kier molecular flexibility index (Phi) is 56.5. The lowest BCUT2D eigenvalue weighted by Crippen LogP contribution is -2.29. The highest BCUT2D eigenvalue weighted by Gasteiger charge is 2.26. The van der Waals surface area contributed by atoms with E-state index in [4.69, 9.17) is 24.3 Å². The van der Waals surface area contributed by atoms with Crippen LogP contribution >= 0.6 is 7.82 Å². The molecule has 0 aromatic carbocycles. The van der Waals surface area contributed by atoms with Gasteiger partial charge in [0.25, 0.3) is 0 Å². The van der Waals surface area contributed by atoms with E-state index in [2.05, 4.69) is 38.2 Å². The number of esters is 2. The summed E-state index contributed by atoms with van der Waals surface area (Å²) in [5, 5.41) is 0. The van der Waals surface area contributed by atoms with Crippen LogP contribution < -0.4 is 5.73 Å². The van der Waals surface area contributed by atoms with E-state index in [1.807, 2.05) is 0 Å². The maximum Gasteiger partial charge on any atom is 0.472 e. The van der Waals surface area contributed by atoms with E-state index >= 15 is 0 Å². The third kappa shape index (κ3) is 57.6. The fourth-order valence-corrected chi connectivity index (χ4v) is 10.0. The lowest BCUT2D eigenvalue weighted by Gasteiger charge is -2.19. The minimum atomic E-state index is -4.38. The maximum absolute atomic E-state index is 12.7. The number of nitrogens with two attached hydrogens (primary N) is 1. The Bertz CT molecular complexity index is 1210. The van der Waals surface area contributed by atoms with Crippen LogP contribution in [0.15, 0.2) is 24.3 Å². The van der Waals surface area contributed by atoms with E-state index in [9.17, 15) is 19.0 Å². The highest BCUT2D eigenvalue weighted by molar-refractivity contribution is 7.47. The summed E-state index contributed by atoms with van der Waals surface area (Å²) in [6.45, 7) is 3.78. The average molecular weight is 1020 g/mol. The van der Waals surface area contributed by atoms with Gasteiger partial charge in [0, 0.05) is 19.4 Å². The second kappa shape index (κ2) is 57.8. The Morgan fingerprint density at radius 3 is 1.07 bits per heavy atom. The number of ether oxygens (including phenoxy) is 2. The molecule has 3 N–H and O–H groups in total. The molecule has 0 aromatic rings. The summed E-state index contributed by atoms with van der Waals surface area (Å²) in [4.78, 5) is 35.1. The molecule has 10 heteroatoms. The van der Waals surface area contributed by atoms with Crippen LogP contribution in [-0.4, -0.2) is 49.3 Å². The van der Waals surface area contributed by atoms with Crippen molar-refractivity contribution in [1.82, 2.24) is 0 Å². The first kappa shape index (κ1) is 69.5. The summed E-state index contributed by atoms with van der Waals surface area (Å²) in [5.74, 6) is -0.809. The van der Waals surface area contributed by atoms with Crippen molar-refractivity contribution in [1.29, 1.82) is 0 Å². The second-order valence-corrected chi connectivity index (χ2v) is 22.4. The summed E-state index contributed by atoms with van der Waals surface area (Å²) in [6, 6.07) is 0. The molecule has 0 heterocycles. The Hall–Kier alpha value is -1.51. The number of hydrogen-bond acceptors (Lipinski definition) is 8. The smallest absolute Gasteiger partial charge is 0.462 e. The molecule has 2 atom stereocenters. The molecular weight excluding hydrogens is 906 g/mol. The van der Waals surface area contributed by atoms with Crippen LogP contribution in [0, 0.1) is 0 Å². The highest BCUT2D eigenvalue weighted by atomic mass is 31.2. The number of rotatable bonds is 59. The molecule has 0 radical (unpaired) electrons. The van der Waals surface area contributed by atoms with Gasteiger partial charge in [0.05, 0.1) is 13.2 Å². The van der Waals surface area contributed by atoms with E-state index in [0.29, 0.717) is 6.42 Å². The Labute approximate surface area is 440 Å². The number of hydrogen-bond donors (Lipinski definition) is 2. The fourth-order valence-electron chi connectivity index (χ4n) is 9.26. The van der Waals surface area contributed by atoms with Gasteiger partial charge in [-0.3, -0.25) is 18.6 Å². The maximum atomic E-state index is 12.7. The van der Waals surface area contributed by atoms with E-state index in [1.54, 1.807) is 0 Å². The number of allylic oxidation sites excluding steroid dienone is 4. The van der Waals surface area contributed by atoms with Gasteiger partial charge < -0.3 is 20.1 Å². The summed E-state index contributed by atoms with van der Waals surface area (Å²) >= 11 is 0. The van der Waals surface area contributed by atoms with Crippen molar-refractivity contribution in [2.75, 3.05) is 26.4 Å². The predicted molar refractivity (Wildman–Crippen MR) is 303 cm³/mol. The minimum absolute atomic E-state index is 0.0571. The van der Waals surface area contributed by atoms with Gasteiger partial charge in [-0.05, 0) is 44.9 Å². The Morgan fingerprint density at radius 2 is 0.732 bits per heavy atom. The van der Waals surface area contributed by atoms with Gasteiger partial charge in [0.1, 0.15) is 6.61 Å². The van der Waals surface area contributed by atoms with Gasteiger partial charge in [0.2, 0.25) is 0 Å². The van der Waals surface area contributed by atoms with Gasteiger partial charge in [-0.25, -0.2) is 4.57 Å². The van der Waals surface area contributed by atoms with Crippen molar-refractivity contribution in [3.05, 3.63) is 24.3 Å². The number of carbonyl (C=O) groups is 2. The largest absolute Gasteiger partial charge is 0.472 e. The van der Waals surface area contributed by atoms with Crippen LogP contribution in [0.2, 0.25) is 0 Å². The molecular formula is C61H118NO8P. The molecule has 0 aromatic heterocycles. The van der Waals surface area contributed by atoms with Crippen LogP contribution in [-0.2, 0) is 32.7 Å². The van der Waals surface area contributed by atoms with Gasteiger partial charge in [-0.2, -0.15) is 0 Å². The first-order valence-corrected chi connectivity index (χ1v) is 32.3. The zero-order valence-electron chi connectivity index (χ0n) is 47.0. The first-order chi connectivity index (χ1) is 34.8. The van der Waals surface area contributed by atoms with Gasteiger partial charge in [-0.15, -0.1) is 0 Å². The van der Waals surface area contributed by atoms with E-state index < -0.39 is 26.5 Å². The summed E-state index contributed by atoms with van der Waals surface area (Å²) in [6.07, 6.45) is 68.4. The molecule has 0 saturated heterocycles. The van der Waals surface area contributed by atoms with Crippen molar-refractivity contribution in [2.24, 2.45) is 5.73 Å². The molecule has 0 aliphatic carbocycles. The SMILES string of the molecule is CCCCCCC/C=C\C/C=C\CCCCCCCCCCCCCCCCCCCCCCCCCCCC(=O)OC(COC(=O)CCCCCCCCCCCCCCC)COP(=O)(O)OCCN. The van der Waals surface area contributed by atoms with E-state index in [0.717, 1.165) is 38.5 Å². The van der Waals surface area contributed by atoms with Crippen molar-refractivity contribution in [3.8, 4) is 0 Å². The number of phosphoric acid groups is 1. The number of carbonyl (C=O) groups excluding carboxylic acids is 2. The molecule has 0 rings (SSSR count). The lowest BCUT2D eigenvalue weighted by molar-refractivity contribution is -0.161.